The summed E-state index contributed by atoms with van der Waals surface area (Å²) < 4.78 is 0. The summed E-state index contributed by atoms with van der Waals surface area (Å²) in [5, 5.41) is 23.6. The van der Waals surface area contributed by atoms with E-state index in [9.17, 15) is 10.2 Å². The summed E-state index contributed by atoms with van der Waals surface area (Å²) in [6.45, 7) is 2.17. The smallest absolute Gasteiger partial charge is 0.0705 e. The molecule has 2 rings (SSSR count). The molecule has 0 aliphatic rings. The van der Waals surface area contributed by atoms with Gasteiger partial charge in [0.1, 0.15) is 0 Å². The Hall–Kier alpha value is -1.07. The third-order valence-electron chi connectivity index (χ3n) is 3.64. The summed E-state index contributed by atoms with van der Waals surface area (Å²) in [5.41, 5.74) is 1.18. The van der Waals surface area contributed by atoms with Gasteiger partial charge in [-0.05, 0) is 12.5 Å². The van der Waals surface area contributed by atoms with Crippen molar-refractivity contribution < 1.29 is 10.2 Å². The Bertz CT molecular complexity index is 541. The second-order valence-corrected chi connectivity index (χ2v) is 5.14. The fourth-order valence-corrected chi connectivity index (χ4v) is 2.35. The Morgan fingerprint density at radius 2 is 1.95 bits per heavy atom. The van der Waals surface area contributed by atoms with E-state index in [0.717, 1.165) is 16.6 Å². The normalized spacial score (nSPS) is 12.2. The molecule has 0 aliphatic carbocycles. The Kier molecular flexibility index (Phi) is 4.47. The van der Waals surface area contributed by atoms with Gasteiger partial charge in [-0.15, -0.1) is 0 Å². The molecule has 0 spiro atoms. The summed E-state index contributed by atoms with van der Waals surface area (Å²) in [6, 6.07) is 7.82. The molecular weight excluding hydrogens is 264 g/mol. The maximum absolute atomic E-state index is 9.40. The third kappa shape index (κ3) is 2.77. The minimum absolute atomic E-state index is 0.113. The quantitative estimate of drug-likeness (QED) is 0.655. The van der Waals surface area contributed by atoms with Crippen LogP contribution in [0.4, 0.5) is 0 Å². The lowest BCUT2D eigenvalue weighted by Crippen LogP contribution is -2.50. The highest BCUT2D eigenvalue weighted by atomic mass is 35.5. The van der Waals surface area contributed by atoms with Crippen LogP contribution in [0.5, 0.6) is 0 Å². The minimum Gasteiger partial charge on any atom is -0.394 e. The highest BCUT2D eigenvalue weighted by Gasteiger charge is 2.26. The molecule has 0 bridgehead atoms. The molecule has 19 heavy (non-hydrogen) atoms. The second kappa shape index (κ2) is 5.92. The Morgan fingerprint density at radius 3 is 2.53 bits per heavy atom. The molecule has 0 radical (unpaired) electrons. The lowest BCUT2D eigenvalue weighted by Gasteiger charge is -2.29. The predicted molar refractivity (Wildman–Crippen MR) is 77.3 cm³/mol. The average Bonchev–Trinajstić information content (AvgIpc) is 2.78. The van der Waals surface area contributed by atoms with E-state index >= 15 is 0 Å². The molecule has 5 heteroatoms. The van der Waals surface area contributed by atoms with Gasteiger partial charge in [-0.1, -0.05) is 36.7 Å². The first-order valence-corrected chi connectivity index (χ1v) is 6.75. The van der Waals surface area contributed by atoms with Crippen LogP contribution in [0.25, 0.3) is 10.9 Å². The van der Waals surface area contributed by atoms with Crippen molar-refractivity contribution >= 4 is 22.5 Å². The molecule has 0 atom stereocenters. The Labute approximate surface area is 117 Å². The summed E-state index contributed by atoms with van der Waals surface area (Å²) in [7, 11) is 0. The van der Waals surface area contributed by atoms with Crippen LogP contribution in [0.2, 0.25) is 5.02 Å². The number of hydrogen-bond acceptors (Lipinski definition) is 3. The van der Waals surface area contributed by atoms with Crippen LogP contribution >= 0.6 is 11.6 Å². The zero-order chi connectivity index (χ0) is 13.9. The molecule has 1 aromatic carbocycles. The zero-order valence-electron chi connectivity index (χ0n) is 10.9. The first-order chi connectivity index (χ1) is 9.15. The van der Waals surface area contributed by atoms with Gasteiger partial charge in [0.15, 0.2) is 0 Å². The van der Waals surface area contributed by atoms with E-state index < -0.39 is 5.54 Å². The van der Waals surface area contributed by atoms with Crippen LogP contribution in [0, 0.1) is 0 Å². The van der Waals surface area contributed by atoms with Crippen LogP contribution in [-0.2, 0) is 6.54 Å². The van der Waals surface area contributed by atoms with Gasteiger partial charge in [0.25, 0.3) is 0 Å². The van der Waals surface area contributed by atoms with E-state index in [1.807, 2.05) is 31.2 Å². The first kappa shape index (κ1) is 14.3. The number of aromatic amines is 1. The summed E-state index contributed by atoms with van der Waals surface area (Å²) in [5.74, 6) is 0. The van der Waals surface area contributed by atoms with Gasteiger partial charge in [0, 0.05) is 23.1 Å². The molecule has 0 saturated carbocycles. The molecule has 104 valence electrons. The number of rotatable bonds is 6. The molecule has 0 unspecified atom stereocenters. The predicted octanol–water partition coefficient (Wildman–Crippen LogP) is 2.04. The molecule has 0 fully saturated rings. The number of fused-ring (bicyclic) bond motifs is 1. The summed E-state index contributed by atoms with van der Waals surface area (Å²) in [6.07, 6.45) is 0.637. The number of H-pyrrole nitrogens is 1. The fraction of sp³-hybridized carbons (Fsp3) is 0.429. The van der Waals surface area contributed by atoms with Crippen LogP contribution in [0.15, 0.2) is 24.3 Å². The van der Waals surface area contributed by atoms with Crippen LogP contribution in [0.1, 0.15) is 19.0 Å². The van der Waals surface area contributed by atoms with Gasteiger partial charge >= 0.3 is 0 Å². The standard InChI is InChI=1S/C14H19ClN2O2/c1-2-14(8-18,9-19)16-7-12-13(15)10-5-3-4-6-11(10)17-12/h3-6,16-19H,2,7-9H2,1H3. The monoisotopic (exact) mass is 282 g/mol. The number of aliphatic hydroxyl groups excluding tert-OH is 2. The van der Waals surface area contributed by atoms with Gasteiger partial charge in [-0.3, -0.25) is 0 Å². The van der Waals surface area contributed by atoms with Crippen molar-refractivity contribution in [1.29, 1.82) is 0 Å². The van der Waals surface area contributed by atoms with Gasteiger partial charge in [0.05, 0.1) is 23.8 Å². The summed E-state index contributed by atoms with van der Waals surface area (Å²) >= 11 is 6.32. The van der Waals surface area contributed by atoms with Crippen molar-refractivity contribution in [2.75, 3.05) is 13.2 Å². The van der Waals surface area contributed by atoms with Crippen molar-refractivity contribution in [1.82, 2.24) is 10.3 Å². The topological polar surface area (TPSA) is 68.3 Å². The van der Waals surface area contributed by atoms with Gasteiger partial charge in [0.2, 0.25) is 0 Å². The van der Waals surface area contributed by atoms with Crippen LogP contribution < -0.4 is 5.32 Å². The molecule has 4 nitrogen and oxygen atoms in total. The van der Waals surface area contributed by atoms with Crippen molar-refractivity contribution in [2.24, 2.45) is 0 Å². The third-order valence-corrected chi connectivity index (χ3v) is 4.07. The number of aliphatic hydroxyl groups is 2. The van der Waals surface area contributed by atoms with Crippen molar-refractivity contribution in [3.05, 3.63) is 35.0 Å². The van der Waals surface area contributed by atoms with E-state index in [4.69, 9.17) is 11.6 Å². The van der Waals surface area contributed by atoms with Crippen molar-refractivity contribution in [2.45, 2.75) is 25.4 Å². The van der Waals surface area contributed by atoms with E-state index in [1.165, 1.54) is 0 Å². The number of hydrogen-bond donors (Lipinski definition) is 4. The average molecular weight is 283 g/mol. The van der Waals surface area contributed by atoms with E-state index in [2.05, 4.69) is 10.3 Å². The minimum atomic E-state index is -0.666. The highest BCUT2D eigenvalue weighted by molar-refractivity contribution is 6.36. The van der Waals surface area contributed by atoms with Gasteiger partial charge in [-0.2, -0.15) is 0 Å². The van der Waals surface area contributed by atoms with E-state index in [-0.39, 0.29) is 13.2 Å². The molecule has 1 heterocycles. The SMILES string of the molecule is CCC(CO)(CO)NCc1[nH]c2ccccc2c1Cl. The number of aromatic nitrogens is 1. The largest absolute Gasteiger partial charge is 0.394 e. The van der Waals surface area contributed by atoms with Crippen LogP contribution in [0.3, 0.4) is 0 Å². The molecule has 0 amide bonds. The Morgan fingerprint density at radius 1 is 1.26 bits per heavy atom. The first-order valence-electron chi connectivity index (χ1n) is 6.37. The Balaban J connectivity index is 2.20. The second-order valence-electron chi connectivity index (χ2n) is 4.77. The van der Waals surface area contributed by atoms with Crippen LogP contribution in [-0.4, -0.2) is 33.9 Å². The molecule has 4 N–H and O–H groups in total. The lowest BCUT2D eigenvalue weighted by molar-refractivity contribution is 0.0862. The van der Waals surface area contributed by atoms with Gasteiger partial charge in [-0.25, -0.2) is 0 Å². The number of nitrogens with one attached hydrogen (secondary N) is 2. The summed E-state index contributed by atoms with van der Waals surface area (Å²) in [4.78, 5) is 3.25. The molecule has 2 aromatic rings. The van der Waals surface area contributed by atoms with Crippen molar-refractivity contribution in [3.63, 3.8) is 0 Å². The number of halogens is 1. The maximum atomic E-state index is 9.40. The lowest BCUT2D eigenvalue weighted by atomic mass is 9.98. The maximum Gasteiger partial charge on any atom is 0.0705 e. The molecule has 1 aromatic heterocycles. The molecular formula is C14H19ClN2O2. The molecule has 0 saturated heterocycles. The number of para-hydroxylation sites is 1. The zero-order valence-corrected chi connectivity index (χ0v) is 11.7. The number of benzene rings is 1. The fourth-order valence-electron chi connectivity index (χ4n) is 2.07. The highest BCUT2D eigenvalue weighted by Crippen LogP contribution is 2.27. The van der Waals surface area contributed by atoms with E-state index in [0.29, 0.717) is 18.0 Å². The van der Waals surface area contributed by atoms with E-state index in [1.54, 1.807) is 0 Å². The molecule has 0 aliphatic heterocycles. The van der Waals surface area contributed by atoms with Gasteiger partial charge < -0.3 is 20.5 Å². The van der Waals surface area contributed by atoms with Crippen molar-refractivity contribution in [3.8, 4) is 0 Å².